The molecule has 0 aliphatic carbocycles. The van der Waals surface area contributed by atoms with Gasteiger partial charge in [-0.25, -0.2) is 0 Å². The van der Waals surface area contributed by atoms with Crippen LogP contribution in [0.5, 0.6) is 0 Å². The molecule has 0 saturated heterocycles. The number of oxime groups is 2. The van der Waals surface area contributed by atoms with Crippen molar-refractivity contribution in [3.8, 4) is 0 Å². The van der Waals surface area contributed by atoms with E-state index in [-0.39, 0.29) is 39.2 Å². The monoisotopic (exact) mass is 609 g/mol. The zero-order valence-corrected chi connectivity index (χ0v) is 24.4. The molecule has 1 heterocycles. The molecule has 1 aliphatic rings. The summed E-state index contributed by atoms with van der Waals surface area (Å²) in [5, 5.41) is 9.86. The molecule has 2 atom stereocenters. The van der Waals surface area contributed by atoms with Crippen LogP contribution in [-0.2, 0) is 20.0 Å². The van der Waals surface area contributed by atoms with Gasteiger partial charge in [-0.2, -0.15) is 13.2 Å². The normalized spacial score (nSPS) is 16.8. The number of aryl methyl sites for hydroxylation is 1. The van der Waals surface area contributed by atoms with Crippen LogP contribution in [0, 0.1) is 6.92 Å². The van der Waals surface area contributed by atoms with E-state index in [0.717, 1.165) is 19.1 Å². The molecule has 0 spiro atoms. The van der Waals surface area contributed by atoms with E-state index in [9.17, 15) is 18.0 Å². The fraction of sp³-hybridized carbons (Fsp3) is 0.423. The molecule has 2 aromatic rings. The van der Waals surface area contributed by atoms with E-state index < -0.39 is 23.9 Å². The summed E-state index contributed by atoms with van der Waals surface area (Å²) in [6.45, 7) is 8.22. The fourth-order valence-corrected chi connectivity index (χ4v) is 4.04. The van der Waals surface area contributed by atoms with Crippen molar-refractivity contribution in [3.05, 3.63) is 67.7 Å². The number of rotatable bonds is 7. The molecule has 0 aromatic heterocycles. The number of alkyl halides is 3. The third kappa shape index (κ3) is 7.49. The molecule has 214 valence electrons. The lowest BCUT2D eigenvalue weighted by Gasteiger charge is -2.30. The second-order valence-corrected chi connectivity index (χ2v) is 9.45. The maximum Gasteiger partial charge on any atom is 0.435 e. The van der Waals surface area contributed by atoms with E-state index in [1.54, 1.807) is 32.0 Å². The minimum absolute atomic E-state index is 0.0693. The largest absolute Gasteiger partial charge is 0.482 e. The van der Waals surface area contributed by atoms with Gasteiger partial charge in [-0.3, -0.25) is 4.79 Å². The maximum absolute atomic E-state index is 14.1. The zero-order chi connectivity index (χ0) is 29.5. The molecule has 0 saturated carbocycles. The van der Waals surface area contributed by atoms with Crippen molar-refractivity contribution in [2.45, 2.75) is 65.5 Å². The predicted octanol–water partition coefficient (Wildman–Crippen LogP) is 8.03. The van der Waals surface area contributed by atoms with Crippen LogP contribution in [0.4, 0.5) is 13.2 Å². The van der Waals surface area contributed by atoms with Crippen molar-refractivity contribution in [1.29, 1.82) is 0 Å². The van der Waals surface area contributed by atoms with Gasteiger partial charge in [0.25, 0.3) is 11.5 Å². The number of benzene rings is 2. The average molecular weight is 611 g/mol. The summed E-state index contributed by atoms with van der Waals surface area (Å²) in [5.74, 6) is -0.0517. The van der Waals surface area contributed by atoms with Crippen LogP contribution in [0.3, 0.4) is 0 Å². The summed E-state index contributed by atoms with van der Waals surface area (Å²) in [7, 11) is 1.45. The van der Waals surface area contributed by atoms with Crippen LogP contribution >= 0.6 is 34.8 Å². The van der Waals surface area contributed by atoms with E-state index in [2.05, 4.69) is 15.6 Å². The van der Waals surface area contributed by atoms with E-state index >= 15 is 0 Å². The van der Waals surface area contributed by atoms with Crippen LogP contribution in [0.2, 0.25) is 15.1 Å². The van der Waals surface area contributed by atoms with E-state index in [4.69, 9.17) is 49.2 Å². The molecule has 39 heavy (non-hydrogen) atoms. The third-order valence-electron chi connectivity index (χ3n) is 5.72. The SMILES string of the molecule is CC.CC/C(=N\OC(C)(c1cc(Cl)c(Cl)c(Cl)c1)C(F)(F)F)c1ccc(C(=O)NC2CC(OC)=NO2)c(C)c1. The third-order valence-corrected chi connectivity index (χ3v) is 6.92. The van der Waals surface area contributed by atoms with Crippen LogP contribution < -0.4 is 5.32 Å². The summed E-state index contributed by atoms with van der Waals surface area (Å²) in [5.41, 5.74) is -1.61. The Hall–Kier alpha value is -2.69. The summed E-state index contributed by atoms with van der Waals surface area (Å²) in [6.07, 6.45) is -5.01. The van der Waals surface area contributed by atoms with Crippen LogP contribution in [0.25, 0.3) is 0 Å². The highest BCUT2D eigenvalue weighted by Crippen LogP contribution is 2.45. The first kappa shape index (κ1) is 32.5. The lowest BCUT2D eigenvalue weighted by atomic mass is 9.95. The van der Waals surface area contributed by atoms with Gasteiger partial charge < -0.3 is 19.7 Å². The molecule has 1 amide bonds. The Labute approximate surface area is 240 Å². The summed E-state index contributed by atoms with van der Waals surface area (Å²) >= 11 is 17.8. The maximum atomic E-state index is 14.1. The minimum atomic E-state index is -4.87. The molecule has 1 aliphatic heterocycles. The fourth-order valence-electron chi connectivity index (χ4n) is 3.44. The highest BCUT2D eigenvalue weighted by Gasteiger charge is 2.56. The van der Waals surface area contributed by atoms with Crippen molar-refractivity contribution in [1.82, 2.24) is 5.32 Å². The first-order valence-corrected chi connectivity index (χ1v) is 13.1. The first-order valence-electron chi connectivity index (χ1n) is 12.0. The highest BCUT2D eigenvalue weighted by atomic mass is 35.5. The standard InChI is InChI=1S/C24H23Cl3F3N3O4.C2H6/c1-5-18(32-37-23(3,24(28,29)30)14-9-16(25)21(27)17(26)10-14)13-6-7-15(12(2)8-13)22(34)31-19-11-20(35-4)33-36-19;1-2/h6-10,19H,5,11H2,1-4H3,(H,31,34);1-2H3/b32-18+;. The number of halogens is 6. The van der Waals surface area contributed by atoms with Crippen molar-refractivity contribution >= 4 is 52.3 Å². The molecule has 1 N–H and O–H groups in total. The van der Waals surface area contributed by atoms with Gasteiger partial charge in [0.2, 0.25) is 12.1 Å². The Morgan fingerprint density at radius 1 is 1.18 bits per heavy atom. The van der Waals surface area contributed by atoms with E-state index in [0.29, 0.717) is 22.6 Å². The number of amides is 1. The number of methoxy groups -OCH3 is 1. The second-order valence-electron chi connectivity index (χ2n) is 8.26. The average Bonchev–Trinajstić information content (AvgIpc) is 3.35. The Bertz CT molecular complexity index is 1230. The van der Waals surface area contributed by atoms with Gasteiger partial charge in [-0.05, 0) is 60.8 Å². The smallest absolute Gasteiger partial charge is 0.435 e. The quantitative estimate of drug-likeness (QED) is 0.196. The summed E-state index contributed by atoms with van der Waals surface area (Å²) in [6, 6.07) is 6.82. The summed E-state index contributed by atoms with van der Waals surface area (Å²) < 4.78 is 47.4. The minimum Gasteiger partial charge on any atom is -0.482 e. The van der Waals surface area contributed by atoms with Crippen molar-refractivity contribution < 1.29 is 32.4 Å². The molecule has 7 nitrogen and oxygen atoms in total. The Balaban J connectivity index is 0.00000260. The zero-order valence-electron chi connectivity index (χ0n) is 22.2. The van der Waals surface area contributed by atoms with Crippen LogP contribution in [-0.4, -0.2) is 37.0 Å². The lowest BCUT2D eigenvalue weighted by molar-refractivity contribution is -0.278. The van der Waals surface area contributed by atoms with Gasteiger partial charge in [0, 0.05) is 11.1 Å². The van der Waals surface area contributed by atoms with Crippen LogP contribution in [0.1, 0.15) is 67.6 Å². The molecule has 0 bridgehead atoms. The highest BCUT2D eigenvalue weighted by molar-refractivity contribution is 6.48. The Morgan fingerprint density at radius 2 is 1.79 bits per heavy atom. The molecule has 2 aromatic carbocycles. The van der Waals surface area contributed by atoms with Crippen molar-refractivity contribution in [3.63, 3.8) is 0 Å². The van der Waals surface area contributed by atoms with Gasteiger partial charge in [-0.15, -0.1) is 0 Å². The lowest BCUT2D eigenvalue weighted by Crippen LogP contribution is -2.41. The molecule has 0 fully saturated rings. The van der Waals surface area contributed by atoms with Gasteiger partial charge >= 0.3 is 6.18 Å². The van der Waals surface area contributed by atoms with Gasteiger partial charge in [0.05, 0.1) is 34.3 Å². The van der Waals surface area contributed by atoms with E-state index in [1.807, 2.05) is 13.8 Å². The number of nitrogens with one attached hydrogen (secondary N) is 1. The summed E-state index contributed by atoms with van der Waals surface area (Å²) in [4.78, 5) is 22.9. The number of ether oxygens (including phenoxy) is 1. The van der Waals surface area contributed by atoms with E-state index in [1.165, 1.54) is 7.11 Å². The molecule has 0 radical (unpaired) electrons. The van der Waals surface area contributed by atoms with Gasteiger partial charge in [0.15, 0.2) is 0 Å². The van der Waals surface area contributed by atoms with Gasteiger partial charge in [-0.1, -0.05) is 66.8 Å². The topological polar surface area (TPSA) is 81.5 Å². The first-order chi connectivity index (χ1) is 18.3. The molecule has 13 heteroatoms. The van der Waals surface area contributed by atoms with Crippen LogP contribution in [0.15, 0.2) is 40.6 Å². The van der Waals surface area contributed by atoms with Gasteiger partial charge in [0.1, 0.15) is 0 Å². The number of hydrogen-bond donors (Lipinski definition) is 1. The number of carbonyl (C=O) groups excluding carboxylic acids is 1. The number of hydrogen-bond acceptors (Lipinski definition) is 6. The van der Waals surface area contributed by atoms with Crippen molar-refractivity contribution in [2.75, 3.05) is 7.11 Å². The molecular formula is C26H29Cl3F3N3O4. The Morgan fingerprint density at radius 3 is 2.28 bits per heavy atom. The number of carbonyl (C=O) groups is 1. The molecule has 2 unspecified atom stereocenters. The molecule has 3 rings (SSSR count). The molecular weight excluding hydrogens is 582 g/mol. The number of nitrogens with zero attached hydrogens (tertiary/aromatic N) is 2. The Kier molecular flexibility index (Phi) is 11.3. The van der Waals surface area contributed by atoms with Crippen molar-refractivity contribution in [2.24, 2.45) is 10.3 Å². The predicted molar refractivity (Wildman–Crippen MR) is 147 cm³/mol. The second kappa shape index (κ2) is 13.6.